The van der Waals surface area contributed by atoms with E-state index in [2.05, 4.69) is 27.9 Å². The van der Waals surface area contributed by atoms with Crippen LogP contribution in [0.3, 0.4) is 0 Å². The Morgan fingerprint density at radius 1 is 0.810 bits per heavy atom. The van der Waals surface area contributed by atoms with Gasteiger partial charge in [0.15, 0.2) is 0 Å². The minimum atomic E-state index is 0. The van der Waals surface area contributed by atoms with Crippen LogP contribution in [0.5, 0.6) is 0 Å². The van der Waals surface area contributed by atoms with E-state index < -0.39 is 0 Å². The van der Waals surface area contributed by atoms with Crippen LogP contribution in [0.25, 0.3) is 0 Å². The third kappa shape index (κ3) is 14.0. The monoisotopic (exact) mass is 412 g/mol. The molecule has 1 unspecified atom stereocenters. The van der Waals surface area contributed by atoms with Gasteiger partial charge in [0.25, 0.3) is 0 Å². The van der Waals surface area contributed by atoms with E-state index in [1.165, 1.54) is 70.6 Å². The average Bonchev–Trinajstić information content (AvgIpc) is 2.40. The summed E-state index contributed by atoms with van der Waals surface area (Å²) in [6.45, 7) is 6.56. The molecule has 0 aromatic rings. The lowest BCUT2D eigenvalue weighted by Gasteiger charge is -2.36. The number of halogens is 1. The van der Waals surface area contributed by atoms with Crippen LogP contribution in [0.1, 0.15) is 84.5 Å². The summed E-state index contributed by atoms with van der Waals surface area (Å²) < 4.78 is 1.08. The van der Waals surface area contributed by atoms with Crippen molar-refractivity contribution in [2.45, 2.75) is 90.5 Å². The van der Waals surface area contributed by atoms with Gasteiger partial charge in [-0.15, -0.1) is 0 Å². The molecule has 0 saturated carbocycles. The number of nitrogens with two attached hydrogens (primary N) is 1. The molecule has 0 spiro atoms. The second-order valence-corrected chi connectivity index (χ2v) is 7.11. The molecule has 0 aromatic heterocycles. The zero-order chi connectivity index (χ0) is 15.3. The van der Waals surface area contributed by atoms with Crippen molar-refractivity contribution in [2.75, 3.05) is 27.2 Å². The van der Waals surface area contributed by atoms with Crippen molar-refractivity contribution in [3.8, 4) is 0 Å². The number of quaternary nitrogens is 1. The van der Waals surface area contributed by atoms with E-state index in [0.29, 0.717) is 0 Å². The predicted octanol–water partition coefficient (Wildman–Crippen LogP) is 1.73. The van der Waals surface area contributed by atoms with E-state index in [1.54, 1.807) is 0 Å². The Labute approximate surface area is 151 Å². The van der Waals surface area contributed by atoms with E-state index in [1.807, 2.05) is 0 Å². The molecule has 21 heavy (non-hydrogen) atoms. The minimum absolute atomic E-state index is 0. The van der Waals surface area contributed by atoms with Gasteiger partial charge in [0.2, 0.25) is 0 Å². The topological polar surface area (TPSA) is 26.0 Å². The summed E-state index contributed by atoms with van der Waals surface area (Å²) in [6, 6.07) is 0.743. The Hall–Kier alpha value is 0.650. The molecule has 0 saturated heterocycles. The first kappa shape index (κ1) is 23.9. The van der Waals surface area contributed by atoms with Gasteiger partial charge >= 0.3 is 0 Å². The molecular formula is C18H41IN2. The molecule has 0 aliphatic rings. The summed E-state index contributed by atoms with van der Waals surface area (Å²) >= 11 is 0. The van der Waals surface area contributed by atoms with Crippen LogP contribution in [0, 0.1) is 0 Å². The van der Waals surface area contributed by atoms with Gasteiger partial charge in [-0.2, -0.15) is 0 Å². The van der Waals surface area contributed by atoms with Gasteiger partial charge in [-0.1, -0.05) is 64.7 Å². The van der Waals surface area contributed by atoms with E-state index in [0.717, 1.165) is 23.6 Å². The summed E-state index contributed by atoms with van der Waals surface area (Å²) in [6.07, 6.45) is 15.6. The Morgan fingerprint density at radius 2 is 1.24 bits per heavy atom. The normalized spacial score (nSPS) is 13.0. The number of unbranched alkanes of at least 4 members (excludes halogenated alkanes) is 9. The van der Waals surface area contributed by atoms with Gasteiger partial charge in [-0.3, -0.25) is 0 Å². The maximum Gasteiger partial charge on any atom is 0.0909 e. The van der Waals surface area contributed by atoms with Crippen LogP contribution in [-0.2, 0) is 0 Å². The lowest BCUT2D eigenvalue weighted by atomic mass is 10.0. The van der Waals surface area contributed by atoms with Crippen LogP contribution in [0.2, 0.25) is 0 Å². The minimum Gasteiger partial charge on any atom is -1.00 e. The molecule has 3 heteroatoms. The standard InChI is InChI=1S/C18H41N2.HI/c1-5-6-7-8-9-10-11-12-13-14-15-18(2)20(3,4)17-16-19;/h18H,5-17,19H2,1-4H3;1H/q+1;/p-1. The Kier molecular flexibility index (Phi) is 17.7. The van der Waals surface area contributed by atoms with Gasteiger partial charge in [0.05, 0.1) is 26.7 Å². The highest BCUT2D eigenvalue weighted by molar-refractivity contribution is 4.54. The van der Waals surface area contributed by atoms with Crippen molar-refractivity contribution in [3.05, 3.63) is 0 Å². The summed E-state index contributed by atoms with van der Waals surface area (Å²) in [5, 5.41) is 0. The van der Waals surface area contributed by atoms with E-state index in [9.17, 15) is 0 Å². The van der Waals surface area contributed by atoms with Crippen LogP contribution in [-0.4, -0.2) is 37.7 Å². The van der Waals surface area contributed by atoms with Crippen LogP contribution >= 0.6 is 0 Å². The Morgan fingerprint density at radius 3 is 1.67 bits per heavy atom. The molecule has 1 atom stereocenters. The molecule has 2 nitrogen and oxygen atoms in total. The quantitative estimate of drug-likeness (QED) is 0.263. The molecule has 0 heterocycles. The lowest BCUT2D eigenvalue weighted by molar-refractivity contribution is -0.912. The Balaban J connectivity index is 0. The molecule has 0 fully saturated rings. The molecule has 0 bridgehead atoms. The molecule has 0 aromatic carbocycles. The Bertz CT molecular complexity index is 207. The second-order valence-electron chi connectivity index (χ2n) is 7.11. The summed E-state index contributed by atoms with van der Waals surface area (Å²) in [5.74, 6) is 0. The van der Waals surface area contributed by atoms with Crippen molar-refractivity contribution in [3.63, 3.8) is 0 Å². The summed E-state index contributed by atoms with van der Waals surface area (Å²) in [5.41, 5.74) is 5.69. The lowest BCUT2D eigenvalue weighted by Crippen LogP contribution is -3.00. The third-order valence-corrected chi connectivity index (χ3v) is 4.87. The number of nitrogens with zero attached hydrogens (tertiary/aromatic N) is 1. The van der Waals surface area contributed by atoms with Crippen molar-refractivity contribution in [1.29, 1.82) is 0 Å². The maximum absolute atomic E-state index is 5.69. The largest absolute Gasteiger partial charge is 1.00 e. The molecule has 0 aliphatic heterocycles. The van der Waals surface area contributed by atoms with Gasteiger partial charge < -0.3 is 34.2 Å². The van der Waals surface area contributed by atoms with Gasteiger partial charge in [-0.05, 0) is 19.8 Å². The van der Waals surface area contributed by atoms with Crippen molar-refractivity contribution < 1.29 is 28.5 Å². The van der Waals surface area contributed by atoms with Crippen LogP contribution in [0.15, 0.2) is 0 Å². The molecule has 2 N–H and O–H groups in total. The fourth-order valence-corrected chi connectivity index (χ4v) is 2.83. The third-order valence-electron chi connectivity index (χ3n) is 4.87. The van der Waals surface area contributed by atoms with Crippen molar-refractivity contribution in [2.24, 2.45) is 5.73 Å². The first-order valence-electron chi connectivity index (χ1n) is 9.07. The van der Waals surface area contributed by atoms with Crippen LogP contribution < -0.4 is 29.7 Å². The molecular weight excluding hydrogens is 371 g/mol. The van der Waals surface area contributed by atoms with E-state index >= 15 is 0 Å². The predicted molar refractivity (Wildman–Crippen MR) is 92.0 cm³/mol. The summed E-state index contributed by atoms with van der Waals surface area (Å²) in [7, 11) is 4.63. The fourth-order valence-electron chi connectivity index (χ4n) is 2.83. The van der Waals surface area contributed by atoms with Gasteiger partial charge in [-0.25, -0.2) is 0 Å². The molecule has 130 valence electrons. The molecule has 0 radical (unpaired) electrons. The van der Waals surface area contributed by atoms with Crippen LogP contribution in [0.4, 0.5) is 0 Å². The first-order chi connectivity index (χ1) is 9.54. The summed E-state index contributed by atoms with van der Waals surface area (Å²) in [4.78, 5) is 0. The highest BCUT2D eigenvalue weighted by Crippen LogP contribution is 2.15. The van der Waals surface area contributed by atoms with E-state index in [-0.39, 0.29) is 24.0 Å². The van der Waals surface area contributed by atoms with Crippen molar-refractivity contribution in [1.82, 2.24) is 0 Å². The number of likely N-dealkylation sites (N-methyl/N-ethyl adjacent to an activating group) is 1. The number of hydrogen-bond donors (Lipinski definition) is 1. The average molecular weight is 412 g/mol. The smallest absolute Gasteiger partial charge is 0.0909 e. The zero-order valence-corrected chi connectivity index (χ0v) is 17.3. The zero-order valence-electron chi connectivity index (χ0n) is 15.2. The maximum atomic E-state index is 5.69. The highest BCUT2D eigenvalue weighted by atomic mass is 127. The SMILES string of the molecule is CCCCCCCCCCCCC(C)[N+](C)(C)CCN.[I-]. The second kappa shape index (κ2) is 15.5. The number of rotatable bonds is 14. The fraction of sp³-hybridized carbons (Fsp3) is 1.00. The first-order valence-corrected chi connectivity index (χ1v) is 9.07. The molecule has 0 amide bonds. The van der Waals surface area contributed by atoms with Gasteiger partial charge in [0, 0.05) is 6.54 Å². The van der Waals surface area contributed by atoms with Gasteiger partial charge in [0.1, 0.15) is 0 Å². The van der Waals surface area contributed by atoms with Crippen molar-refractivity contribution >= 4 is 0 Å². The van der Waals surface area contributed by atoms with E-state index in [4.69, 9.17) is 5.73 Å². The number of hydrogen-bond acceptors (Lipinski definition) is 1. The molecule has 0 rings (SSSR count). The molecule has 0 aliphatic carbocycles. The highest BCUT2D eigenvalue weighted by Gasteiger charge is 2.21.